The summed E-state index contributed by atoms with van der Waals surface area (Å²) >= 11 is 0. The van der Waals surface area contributed by atoms with Crippen molar-refractivity contribution in [3.63, 3.8) is 0 Å². The topological polar surface area (TPSA) is 44.5 Å². The van der Waals surface area contributed by atoms with Crippen LogP contribution >= 0.6 is 0 Å². The van der Waals surface area contributed by atoms with E-state index >= 15 is 0 Å². The lowest BCUT2D eigenvalue weighted by Gasteiger charge is -2.44. The first kappa shape index (κ1) is 19.3. The van der Waals surface area contributed by atoms with Gasteiger partial charge in [-0.25, -0.2) is 0 Å². The highest BCUT2D eigenvalue weighted by molar-refractivity contribution is 6.99. The van der Waals surface area contributed by atoms with Gasteiger partial charge in [0.2, 0.25) is 0 Å². The molecule has 1 aliphatic heterocycles. The van der Waals surface area contributed by atoms with Crippen molar-refractivity contribution in [2.45, 2.75) is 50.8 Å². The summed E-state index contributed by atoms with van der Waals surface area (Å²) in [7, 11) is -2.46. The molecule has 0 unspecified atom stereocenters. The van der Waals surface area contributed by atoms with Crippen LogP contribution in [0.25, 0.3) is 0 Å². The Bertz CT molecular complexity index is 637. The first-order valence-corrected chi connectivity index (χ1v) is 11.5. The molecule has 1 aliphatic rings. The molecule has 3 nitrogen and oxygen atoms in total. The van der Waals surface area contributed by atoms with Crippen molar-refractivity contribution < 1.29 is 9.16 Å². The lowest BCUT2D eigenvalue weighted by atomic mass is 10.1. The van der Waals surface area contributed by atoms with Crippen LogP contribution < -0.4 is 16.1 Å². The Hall–Kier alpha value is -1.46. The van der Waals surface area contributed by atoms with Crippen molar-refractivity contribution in [2.75, 3.05) is 13.2 Å². The molecule has 1 heterocycles. The Morgan fingerprint density at radius 3 is 1.92 bits per heavy atom. The van der Waals surface area contributed by atoms with E-state index in [0.29, 0.717) is 13.2 Å². The lowest BCUT2D eigenvalue weighted by Crippen LogP contribution is -2.67. The van der Waals surface area contributed by atoms with Crippen LogP contribution in [0, 0.1) is 0 Å². The Kier molecular flexibility index (Phi) is 5.98. The van der Waals surface area contributed by atoms with Crippen LogP contribution in [-0.4, -0.2) is 33.7 Å². The van der Waals surface area contributed by atoms with Crippen LogP contribution in [0.5, 0.6) is 0 Å². The SMILES string of the molecule is CC(C)(C)[Si](OC[C@H]1CC[C@H](N)CO1)(c1ccccc1)c1ccccc1. The largest absolute Gasteiger partial charge is 0.405 e. The average molecular weight is 370 g/mol. The fraction of sp³-hybridized carbons (Fsp3) is 0.455. The minimum absolute atomic E-state index is 0.000770. The van der Waals surface area contributed by atoms with Gasteiger partial charge < -0.3 is 14.9 Å². The number of rotatable bonds is 5. The highest BCUT2D eigenvalue weighted by atomic mass is 28.4. The van der Waals surface area contributed by atoms with Crippen LogP contribution in [0.2, 0.25) is 5.04 Å². The van der Waals surface area contributed by atoms with Crippen molar-refractivity contribution in [2.24, 2.45) is 5.73 Å². The molecular formula is C22H31NO2Si. The Morgan fingerprint density at radius 2 is 1.50 bits per heavy atom. The van der Waals surface area contributed by atoms with E-state index in [1.807, 2.05) is 0 Å². The molecule has 0 bridgehead atoms. The van der Waals surface area contributed by atoms with Gasteiger partial charge in [-0.15, -0.1) is 0 Å². The number of hydrogen-bond donors (Lipinski definition) is 1. The molecule has 2 atom stereocenters. The zero-order valence-corrected chi connectivity index (χ0v) is 17.2. The summed E-state index contributed by atoms with van der Waals surface area (Å²) in [6.45, 7) is 8.17. The second kappa shape index (κ2) is 8.05. The number of nitrogens with two attached hydrogens (primary N) is 1. The quantitative estimate of drug-likeness (QED) is 0.824. The molecule has 4 heteroatoms. The molecule has 3 rings (SSSR count). The van der Waals surface area contributed by atoms with Crippen LogP contribution in [-0.2, 0) is 9.16 Å². The van der Waals surface area contributed by atoms with Crippen molar-refractivity contribution in [3.8, 4) is 0 Å². The van der Waals surface area contributed by atoms with E-state index in [9.17, 15) is 0 Å². The standard InChI is InChI=1S/C22H31NO2Si/c1-22(2,3)26(20-10-6-4-7-11-20,21-12-8-5-9-13-21)25-17-19-15-14-18(23)16-24-19/h4-13,18-19H,14-17,23H2,1-3H3/t18-,19+/m0/s1. The number of hydrogen-bond acceptors (Lipinski definition) is 3. The van der Waals surface area contributed by atoms with Gasteiger partial charge in [-0.3, -0.25) is 0 Å². The predicted molar refractivity (Wildman–Crippen MR) is 111 cm³/mol. The number of benzene rings is 2. The molecule has 0 radical (unpaired) electrons. The normalized spacial score (nSPS) is 21.5. The molecule has 0 aromatic heterocycles. The van der Waals surface area contributed by atoms with E-state index in [1.54, 1.807) is 0 Å². The second-order valence-corrected chi connectivity index (χ2v) is 12.6. The van der Waals surface area contributed by atoms with Gasteiger partial charge in [0.15, 0.2) is 0 Å². The Labute approximate surface area is 158 Å². The molecule has 1 fully saturated rings. The molecular weight excluding hydrogens is 338 g/mol. The fourth-order valence-corrected chi connectivity index (χ4v) is 8.53. The maximum atomic E-state index is 6.91. The summed E-state index contributed by atoms with van der Waals surface area (Å²) in [5.74, 6) is 0. The molecule has 0 amide bonds. The van der Waals surface area contributed by atoms with Gasteiger partial charge in [0.05, 0.1) is 19.3 Å². The van der Waals surface area contributed by atoms with Crippen LogP contribution in [0.1, 0.15) is 33.6 Å². The third kappa shape index (κ3) is 3.94. The molecule has 0 aliphatic carbocycles. The van der Waals surface area contributed by atoms with Crippen LogP contribution in [0.15, 0.2) is 60.7 Å². The molecule has 1 saturated heterocycles. The maximum absolute atomic E-state index is 6.91. The molecule has 0 spiro atoms. The highest BCUT2D eigenvalue weighted by Crippen LogP contribution is 2.37. The first-order valence-electron chi connectivity index (χ1n) is 9.55. The zero-order chi connectivity index (χ0) is 18.6. The van der Waals surface area contributed by atoms with Gasteiger partial charge >= 0.3 is 0 Å². The number of ether oxygens (including phenoxy) is 1. The predicted octanol–water partition coefficient (Wildman–Crippen LogP) is 3.07. The summed E-state index contributed by atoms with van der Waals surface area (Å²) in [6.07, 6.45) is 2.12. The summed E-state index contributed by atoms with van der Waals surface area (Å²) in [6, 6.07) is 21.7. The van der Waals surface area contributed by atoms with Gasteiger partial charge in [0, 0.05) is 6.04 Å². The Morgan fingerprint density at radius 1 is 0.962 bits per heavy atom. The minimum Gasteiger partial charge on any atom is -0.405 e. The van der Waals surface area contributed by atoms with Crippen molar-refractivity contribution in [3.05, 3.63) is 60.7 Å². The van der Waals surface area contributed by atoms with Gasteiger partial charge in [-0.05, 0) is 28.3 Å². The Balaban J connectivity index is 1.97. The van der Waals surface area contributed by atoms with Crippen molar-refractivity contribution >= 4 is 18.7 Å². The third-order valence-electron chi connectivity index (χ3n) is 5.31. The van der Waals surface area contributed by atoms with E-state index < -0.39 is 8.32 Å². The molecule has 2 aromatic rings. The second-order valence-electron chi connectivity index (χ2n) is 8.27. The summed E-state index contributed by atoms with van der Waals surface area (Å²) < 4.78 is 12.9. The summed E-state index contributed by atoms with van der Waals surface area (Å²) in [5.41, 5.74) is 5.97. The van der Waals surface area contributed by atoms with Crippen molar-refractivity contribution in [1.82, 2.24) is 0 Å². The fourth-order valence-electron chi connectivity index (χ4n) is 3.94. The van der Waals surface area contributed by atoms with Gasteiger partial charge in [0.25, 0.3) is 8.32 Å². The van der Waals surface area contributed by atoms with Crippen LogP contribution in [0.4, 0.5) is 0 Å². The molecule has 2 aromatic carbocycles. The van der Waals surface area contributed by atoms with Gasteiger partial charge in [-0.2, -0.15) is 0 Å². The van der Waals surface area contributed by atoms with E-state index in [2.05, 4.69) is 81.4 Å². The van der Waals surface area contributed by atoms with E-state index in [1.165, 1.54) is 10.4 Å². The average Bonchev–Trinajstić information content (AvgIpc) is 2.64. The summed E-state index contributed by atoms with van der Waals surface area (Å²) in [4.78, 5) is 0. The molecule has 26 heavy (non-hydrogen) atoms. The molecule has 2 N–H and O–H groups in total. The third-order valence-corrected chi connectivity index (χ3v) is 10.3. The van der Waals surface area contributed by atoms with Crippen LogP contribution in [0.3, 0.4) is 0 Å². The van der Waals surface area contributed by atoms with Gasteiger partial charge in [0.1, 0.15) is 0 Å². The zero-order valence-electron chi connectivity index (χ0n) is 16.2. The highest BCUT2D eigenvalue weighted by Gasteiger charge is 2.50. The lowest BCUT2D eigenvalue weighted by molar-refractivity contribution is -0.0217. The smallest absolute Gasteiger partial charge is 0.261 e. The minimum atomic E-state index is -2.46. The molecule has 140 valence electrons. The summed E-state index contributed by atoms with van der Waals surface area (Å²) in [5, 5.41) is 2.62. The van der Waals surface area contributed by atoms with Crippen molar-refractivity contribution in [1.29, 1.82) is 0 Å². The maximum Gasteiger partial charge on any atom is 0.261 e. The monoisotopic (exact) mass is 369 g/mol. The molecule has 0 saturated carbocycles. The first-order chi connectivity index (χ1) is 12.4. The van der Waals surface area contributed by atoms with E-state index in [0.717, 1.165) is 12.8 Å². The van der Waals surface area contributed by atoms with E-state index in [-0.39, 0.29) is 17.2 Å². The van der Waals surface area contributed by atoms with E-state index in [4.69, 9.17) is 14.9 Å². The van der Waals surface area contributed by atoms with Gasteiger partial charge in [-0.1, -0.05) is 81.4 Å².